The summed E-state index contributed by atoms with van der Waals surface area (Å²) in [5.41, 5.74) is -1.55. The fraction of sp³-hybridized carbons (Fsp3) is 0.455. The molecule has 1 aliphatic rings. The first kappa shape index (κ1) is 12.9. The largest absolute Gasteiger partial charge is 0.402 e. The lowest BCUT2D eigenvalue weighted by atomic mass is 9.85. The van der Waals surface area contributed by atoms with Crippen LogP contribution in [0.4, 0.5) is 13.2 Å². The summed E-state index contributed by atoms with van der Waals surface area (Å²) in [6, 6.07) is 3.36. The Hall–Kier alpha value is -1.15. The number of alkyl halides is 3. The van der Waals surface area contributed by atoms with E-state index in [4.69, 9.17) is 0 Å². The van der Waals surface area contributed by atoms with E-state index in [1.807, 2.05) is 0 Å². The van der Waals surface area contributed by atoms with Crippen LogP contribution in [0.15, 0.2) is 22.8 Å². The molecule has 0 aliphatic carbocycles. The van der Waals surface area contributed by atoms with Gasteiger partial charge in [0.2, 0.25) is 0 Å². The summed E-state index contributed by atoms with van der Waals surface area (Å²) in [5, 5.41) is 10.4. The van der Waals surface area contributed by atoms with Gasteiger partial charge >= 0.3 is 6.18 Å². The van der Waals surface area contributed by atoms with Crippen molar-refractivity contribution >= 4 is 21.6 Å². The molecule has 0 radical (unpaired) electrons. The zero-order valence-electron chi connectivity index (χ0n) is 9.71. The molecule has 3 rings (SSSR count). The van der Waals surface area contributed by atoms with Crippen molar-refractivity contribution < 1.29 is 13.2 Å². The average Bonchev–Trinajstić information content (AvgIpc) is 2.92. The second-order valence-corrected chi connectivity index (χ2v) is 5.52. The maximum absolute atomic E-state index is 13.5. The van der Waals surface area contributed by atoms with Crippen molar-refractivity contribution in [1.29, 1.82) is 0 Å². The SMILES string of the molecule is FC(F)(F)C1(c2nnc3ccc(Br)cn23)CCNC1. The molecule has 19 heavy (non-hydrogen) atoms. The van der Waals surface area contributed by atoms with Crippen LogP contribution >= 0.6 is 15.9 Å². The van der Waals surface area contributed by atoms with Crippen LogP contribution in [0.2, 0.25) is 0 Å². The lowest BCUT2D eigenvalue weighted by Crippen LogP contribution is -2.45. The lowest BCUT2D eigenvalue weighted by Gasteiger charge is -2.28. The molecular formula is C11H10BrF3N4. The van der Waals surface area contributed by atoms with Gasteiger partial charge in [-0.1, -0.05) is 0 Å². The van der Waals surface area contributed by atoms with Crippen LogP contribution in [-0.4, -0.2) is 33.9 Å². The highest BCUT2D eigenvalue weighted by molar-refractivity contribution is 9.10. The minimum atomic E-state index is -4.36. The second kappa shape index (κ2) is 4.17. The van der Waals surface area contributed by atoms with Crippen molar-refractivity contribution in [2.75, 3.05) is 13.1 Å². The van der Waals surface area contributed by atoms with Crippen LogP contribution in [0.1, 0.15) is 12.2 Å². The standard InChI is InChI=1S/C11H10BrF3N4/c12-7-1-2-8-17-18-9(19(8)5-7)10(11(13,14)15)3-4-16-6-10/h1-2,5,16H,3-4,6H2. The highest BCUT2D eigenvalue weighted by Gasteiger charge is 2.60. The minimum Gasteiger partial charge on any atom is -0.315 e. The molecule has 1 aliphatic heterocycles. The molecule has 1 saturated heterocycles. The normalized spacial score (nSPS) is 24.2. The van der Waals surface area contributed by atoms with Crippen LogP contribution < -0.4 is 5.32 Å². The first-order valence-corrected chi connectivity index (χ1v) is 6.52. The van der Waals surface area contributed by atoms with Crippen molar-refractivity contribution in [1.82, 2.24) is 19.9 Å². The second-order valence-electron chi connectivity index (χ2n) is 4.61. The Labute approximate surface area is 115 Å². The van der Waals surface area contributed by atoms with Gasteiger partial charge in [0, 0.05) is 17.2 Å². The number of fused-ring (bicyclic) bond motifs is 1. The van der Waals surface area contributed by atoms with Gasteiger partial charge in [0.15, 0.2) is 11.5 Å². The van der Waals surface area contributed by atoms with E-state index in [0.29, 0.717) is 16.7 Å². The minimum absolute atomic E-state index is 0.0240. The first-order valence-electron chi connectivity index (χ1n) is 5.72. The molecule has 102 valence electrons. The summed E-state index contributed by atoms with van der Waals surface area (Å²) < 4.78 is 42.5. The van der Waals surface area contributed by atoms with E-state index < -0.39 is 11.6 Å². The number of nitrogens with one attached hydrogen (secondary N) is 1. The summed E-state index contributed by atoms with van der Waals surface area (Å²) >= 11 is 3.25. The summed E-state index contributed by atoms with van der Waals surface area (Å²) in [4.78, 5) is 0. The Kier molecular flexibility index (Phi) is 2.82. The molecule has 0 spiro atoms. The first-order chi connectivity index (χ1) is 8.94. The Morgan fingerprint density at radius 2 is 2.11 bits per heavy atom. The molecular weight excluding hydrogens is 325 g/mol. The maximum Gasteiger partial charge on any atom is 0.402 e. The number of rotatable bonds is 1. The van der Waals surface area contributed by atoms with Gasteiger partial charge < -0.3 is 5.32 Å². The lowest BCUT2D eigenvalue weighted by molar-refractivity contribution is -0.187. The Morgan fingerprint density at radius 1 is 1.32 bits per heavy atom. The van der Waals surface area contributed by atoms with Crippen LogP contribution in [0, 0.1) is 0 Å². The summed E-state index contributed by atoms with van der Waals surface area (Å²) in [5.74, 6) is -0.0544. The fourth-order valence-electron chi connectivity index (χ4n) is 2.44. The molecule has 0 amide bonds. The van der Waals surface area contributed by atoms with Crippen molar-refractivity contribution in [3.63, 3.8) is 0 Å². The molecule has 0 saturated carbocycles. The third-order valence-corrected chi connectivity index (χ3v) is 3.96. The van der Waals surface area contributed by atoms with Crippen LogP contribution in [0.3, 0.4) is 0 Å². The molecule has 3 heterocycles. The number of halogens is 4. The van der Waals surface area contributed by atoms with Crippen LogP contribution in [0.5, 0.6) is 0 Å². The van der Waals surface area contributed by atoms with Crippen LogP contribution in [0.25, 0.3) is 5.65 Å². The number of hydrogen-bond acceptors (Lipinski definition) is 3. The maximum atomic E-state index is 13.5. The quantitative estimate of drug-likeness (QED) is 0.870. The van der Waals surface area contributed by atoms with Crippen LogP contribution in [-0.2, 0) is 5.41 Å². The number of nitrogens with zero attached hydrogens (tertiary/aromatic N) is 3. The number of aromatic nitrogens is 3. The van der Waals surface area contributed by atoms with E-state index in [2.05, 4.69) is 31.4 Å². The van der Waals surface area contributed by atoms with Gasteiger partial charge in [-0.05, 0) is 41.0 Å². The highest BCUT2D eigenvalue weighted by Crippen LogP contribution is 2.44. The smallest absolute Gasteiger partial charge is 0.315 e. The number of hydrogen-bond donors (Lipinski definition) is 1. The molecule has 2 aromatic rings. The molecule has 0 bridgehead atoms. The molecule has 8 heteroatoms. The van der Waals surface area contributed by atoms with E-state index in [-0.39, 0.29) is 18.8 Å². The Bertz CT molecular complexity index is 616. The van der Waals surface area contributed by atoms with Crippen molar-refractivity contribution in [3.8, 4) is 0 Å². The molecule has 1 N–H and O–H groups in total. The van der Waals surface area contributed by atoms with Gasteiger partial charge in [-0.2, -0.15) is 13.2 Å². The van der Waals surface area contributed by atoms with Gasteiger partial charge in [0.1, 0.15) is 5.41 Å². The molecule has 1 atom stereocenters. The summed E-state index contributed by atoms with van der Waals surface area (Å²) in [6.07, 6.45) is -2.82. The average molecular weight is 335 g/mol. The monoisotopic (exact) mass is 334 g/mol. The van der Waals surface area contributed by atoms with Crippen molar-refractivity contribution in [2.45, 2.75) is 18.0 Å². The van der Waals surface area contributed by atoms with E-state index >= 15 is 0 Å². The van der Waals surface area contributed by atoms with E-state index in [9.17, 15) is 13.2 Å². The molecule has 1 fully saturated rings. The Morgan fingerprint density at radius 3 is 2.74 bits per heavy atom. The fourth-order valence-corrected chi connectivity index (χ4v) is 2.78. The van der Waals surface area contributed by atoms with Gasteiger partial charge in [-0.3, -0.25) is 4.40 Å². The predicted molar refractivity (Wildman–Crippen MR) is 65.9 cm³/mol. The van der Waals surface area contributed by atoms with E-state index in [0.717, 1.165) is 0 Å². The van der Waals surface area contributed by atoms with Gasteiger partial charge in [-0.15, -0.1) is 10.2 Å². The summed E-state index contributed by atoms with van der Waals surface area (Å²) in [6.45, 7) is 0.159. The van der Waals surface area contributed by atoms with Gasteiger partial charge in [0.05, 0.1) is 0 Å². The van der Waals surface area contributed by atoms with E-state index in [1.54, 1.807) is 18.3 Å². The third kappa shape index (κ3) is 1.85. The zero-order valence-corrected chi connectivity index (χ0v) is 11.3. The molecule has 4 nitrogen and oxygen atoms in total. The molecule has 0 aromatic carbocycles. The zero-order chi connectivity index (χ0) is 13.7. The highest BCUT2D eigenvalue weighted by atomic mass is 79.9. The molecule has 2 aromatic heterocycles. The van der Waals surface area contributed by atoms with Gasteiger partial charge in [0.25, 0.3) is 0 Å². The Balaban J connectivity index is 2.24. The topological polar surface area (TPSA) is 42.2 Å². The third-order valence-electron chi connectivity index (χ3n) is 3.49. The van der Waals surface area contributed by atoms with Crippen molar-refractivity contribution in [3.05, 3.63) is 28.6 Å². The number of pyridine rings is 1. The van der Waals surface area contributed by atoms with Gasteiger partial charge in [-0.25, -0.2) is 0 Å². The van der Waals surface area contributed by atoms with Crippen molar-refractivity contribution in [2.24, 2.45) is 0 Å². The van der Waals surface area contributed by atoms with E-state index in [1.165, 1.54) is 4.40 Å². The molecule has 1 unspecified atom stereocenters. The predicted octanol–water partition coefficient (Wildman–Crippen LogP) is 2.29. The summed E-state index contributed by atoms with van der Waals surface area (Å²) in [7, 11) is 0.